The van der Waals surface area contributed by atoms with Crippen LogP contribution >= 0.6 is 11.6 Å². The average Bonchev–Trinajstić information content (AvgIpc) is 3.18. The van der Waals surface area contributed by atoms with Crippen LogP contribution in [0.5, 0.6) is 5.75 Å². The summed E-state index contributed by atoms with van der Waals surface area (Å²) in [7, 11) is 0. The highest BCUT2D eigenvalue weighted by Crippen LogP contribution is 2.25. The summed E-state index contributed by atoms with van der Waals surface area (Å²) in [5, 5.41) is 0.709. The van der Waals surface area contributed by atoms with E-state index >= 15 is 0 Å². The van der Waals surface area contributed by atoms with Gasteiger partial charge in [0.05, 0.1) is 6.26 Å². The Morgan fingerprint density at radius 2 is 1.73 bits per heavy atom. The summed E-state index contributed by atoms with van der Waals surface area (Å²) >= 11 is 6.14. The Balaban J connectivity index is 1.50. The molecule has 138 valence electrons. The zero-order valence-electron chi connectivity index (χ0n) is 14.8. The number of hydrogen-bond donors (Lipinski definition) is 0. The maximum atomic E-state index is 12.4. The van der Waals surface area contributed by atoms with Gasteiger partial charge in [-0.3, -0.25) is 9.59 Å². The van der Waals surface area contributed by atoms with Crippen LogP contribution in [0.1, 0.15) is 21.7 Å². The summed E-state index contributed by atoms with van der Waals surface area (Å²) in [5.74, 6) is 0.705. The fourth-order valence-corrected chi connectivity index (χ4v) is 3.05. The number of halogens is 1. The normalized spacial score (nSPS) is 14.4. The molecule has 0 radical (unpaired) electrons. The van der Waals surface area contributed by atoms with E-state index in [1.165, 1.54) is 6.26 Å². The molecule has 1 fully saturated rings. The molecule has 1 aliphatic heterocycles. The fourth-order valence-electron chi connectivity index (χ4n) is 2.94. The molecule has 2 amide bonds. The third-order valence-corrected chi connectivity index (χ3v) is 5.02. The molecule has 0 bridgehead atoms. The van der Waals surface area contributed by atoms with Gasteiger partial charge in [0.15, 0.2) is 12.4 Å². The van der Waals surface area contributed by atoms with E-state index in [9.17, 15) is 9.59 Å². The predicted molar refractivity (Wildman–Crippen MR) is 97.6 cm³/mol. The van der Waals surface area contributed by atoms with E-state index in [4.69, 9.17) is 20.8 Å². The molecule has 0 N–H and O–H groups in total. The molecule has 2 heterocycles. The number of piperazine rings is 1. The highest BCUT2D eigenvalue weighted by atomic mass is 35.5. The number of benzene rings is 1. The Kier molecular flexibility index (Phi) is 5.52. The standard InChI is InChI=1S/C19H21ClN2O4/c1-13-10-15(11-14(2)18(13)20)26-12-17(23)21-5-7-22(8-6-21)19(24)16-4-3-9-25-16/h3-4,9-11H,5-8,12H2,1-2H3. The number of nitrogens with zero attached hydrogens (tertiary/aromatic N) is 2. The Labute approximate surface area is 157 Å². The lowest BCUT2D eigenvalue weighted by atomic mass is 10.1. The smallest absolute Gasteiger partial charge is 0.289 e. The van der Waals surface area contributed by atoms with E-state index in [1.54, 1.807) is 21.9 Å². The van der Waals surface area contributed by atoms with Gasteiger partial charge in [-0.25, -0.2) is 0 Å². The number of hydrogen-bond acceptors (Lipinski definition) is 4. The zero-order valence-corrected chi connectivity index (χ0v) is 15.6. The summed E-state index contributed by atoms with van der Waals surface area (Å²) in [6, 6.07) is 6.97. The van der Waals surface area contributed by atoms with Crippen LogP contribution < -0.4 is 4.74 Å². The Morgan fingerprint density at radius 1 is 1.12 bits per heavy atom. The van der Waals surface area contributed by atoms with Crippen molar-refractivity contribution in [1.82, 2.24) is 9.80 Å². The molecule has 0 aliphatic carbocycles. The second-order valence-corrected chi connectivity index (χ2v) is 6.69. The molecule has 6 nitrogen and oxygen atoms in total. The first-order valence-electron chi connectivity index (χ1n) is 8.46. The largest absolute Gasteiger partial charge is 0.484 e. The molecule has 1 aliphatic rings. The van der Waals surface area contributed by atoms with Crippen molar-refractivity contribution >= 4 is 23.4 Å². The number of amides is 2. The molecule has 2 aromatic rings. The molecule has 3 rings (SSSR count). The monoisotopic (exact) mass is 376 g/mol. The van der Waals surface area contributed by atoms with E-state index in [-0.39, 0.29) is 18.4 Å². The summed E-state index contributed by atoms with van der Waals surface area (Å²) in [4.78, 5) is 28.0. The van der Waals surface area contributed by atoms with Crippen molar-refractivity contribution in [3.8, 4) is 5.75 Å². The van der Waals surface area contributed by atoms with Crippen LogP contribution in [0.3, 0.4) is 0 Å². The molecule has 1 saturated heterocycles. The van der Waals surface area contributed by atoms with Gasteiger partial charge in [0, 0.05) is 31.2 Å². The molecule has 1 aromatic carbocycles. The second kappa shape index (κ2) is 7.83. The quantitative estimate of drug-likeness (QED) is 0.823. The van der Waals surface area contributed by atoms with E-state index in [2.05, 4.69) is 0 Å². The highest BCUT2D eigenvalue weighted by molar-refractivity contribution is 6.32. The van der Waals surface area contributed by atoms with Gasteiger partial charge in [-0.2, -0.15) is 0 Å². The summed E-state index contributed by atoms with van der Waals surface area (Å²) < 4.78 is 10.8. The van der Waals surface area contributed by atoms with Crippen molar-refractivity contribution in [2.75, 3.05) is 32.8 Å². The number of carbonyl (C=O) groups is 2. The van der Waals surface area contributed by atoms with Gasteiger partial charge >= 0.3 is 0 Å². The Bertz CT molecular complexity index is 773. The van der Waals surface area contributed by atoms with E-state index in [0.717, 1.165) is 11.1 Å². The summed E-state index contributed by atoms with van der Waals surface area (Å²) in [6.45, 7) is 5.68. The van der Waals surface area contributed by atoms with E-state index in [1.807, 2.05) is 26.0 Å². The molecule has 0 saturated carbocycles. The molecule has 26 heavy (non-hydrogen) atoms. The number of carbonyl (C=O) groups excluding carboxylic acids is 2. The van der Waals surface area contributed by atoms with Crippen molar-refractivity contribution in [1.29, 1.82) is 0 Å². The molecule has 7 heteroatoms. The SMILES string of the molecule is Cc1cc(OCC(=O)N2CCN(C(=O)c3ccco3)CC2)cc(C)c1Cl. The van der Waals surface area contributed by atoms with Gasteiger partial charge in [0.1, 0.15) is 5.75 Å². The molecular weight excluding hydrogens is 356 g/mol. The average molecular weight is 377 g/mol. The lowest BCUT2D eigenvalue weighted by molar-refractivity contribution is -0.134. The minimum Gasteiger partial charge on any atom is -0.484 e. The Hall–Kier alpha value is -2.47. The zero-order chi connectivity index (χ0) is 18.7. The van der Waals surface area contributed by atoms with Crippen molar-refractivity contribution in [2.24, 2.45) is 0 Å². The maximum absolute atomic E-state index is 12.4. The van der Waals surface area contributed by atoms with Gasteiger partial charge in [-0.05, 0) is 49.2 Å². The van der Waals surface area contributed by atoms with E-state index in [0.29, 0.717) is 42.7 Å². The molecular formula is C19H21ClN2O4. The third kappa shape index (κ3) is 4.02. The van der Waals surface area contributed by atoms with Gasteiger partial charge in [0.25, 0.3) is 11.8 Å². The van der Waals surface area contributed by atoms with Crippen LogP contribution in [-0.2, 0) is 4.79 Å². The van der Waals surface area contributed by atoms with Gasteiger partial charge < -0.3 is 19.0 Å². The Morgan fingerprint density at radius 3 is 2.31 bits per heavy atom. The van der Waals surface area contributed by atoms with E-state index < -0.39 is 0 Å². The van der Waals surface area contributed by atoms with Crippen LogP contribution in [0.15, 0.2) is 34.9 Å². The first-order chi connectivity index (χ1) is 12.5. The second-order valence-electron chi connectivity index (χ2n) is 6.31. The van der Waals surface area contributed by atoms with Crippen LogP contribution in [0.25, 0.3) is 0 Å². The summed E-state index contributed by atoms with van der Waals surface area (Å²) in [6.07, 6.45) is 1.48. The van der Waals surface area contributed by atoms with Crippen molar-refractivity contribution in [2.45, 2.75) is 13.8 Å². The number of aryl methyl sites for hydroxylation is 2. The van der Waals surface area contributed by atoms with Crippen molar-refractivity contribution in [3.63, 3.8) is 0 Å². The highest BCUT2D eigenvalue weighted by Gasteiger charge is 2.26. The molecule has 0 spiro atoms. The van der Waals surface area contributed by atoms with Gasteiger partial charge in [-0.15, -0.1) is 0 Å². The van der Waals surface area contributed by atoms with Crippen LogP contribution in [0, 0.1) is 13.8 Å². The first kappa shape index (κ1) is 18.3. The number of rotatable bonds is 4. The fraction of sp³-hybridized carbons (Fsp3) is 0.368. The maximum Gasteiger partial charge on any atom is 0.289 e. The van der Waals surface area contributed by atoms with Crippen molar-refractivity contribution in [3.05, 3.63) is 52.4 Å². The molecule has 0 unspecified atom stereocenters. The topological polar surface area (TPSA) is 63.0 Å². The lowest BCUT2D eigenvalue weighted by Crippen LogP contribution is -2.51. The first-order valence-corrected chi connectivity index (χ1v) is 8.83. The van der Waals surface area contributed by atoms with Crippen LogP contribution in [0.4, 0.5) is 0 Å². The lowest BCUT2D eigenvalue weighted by Gasteiger charge is -2.34. The van der Waals surface area contributed by atoms with Crippen molar-refractivity contribution < 1.29 is 18.7 Å². The molecule has 0 atom stereocenters. The third-order valence-electron chi connectivity index (χ3n) is 4.42. The van der Waals surface area contributed by atoms with Gasteiger partial charge in [-0.1, -0.05) is 11.6 Å². The number of furan rings is 1. The molecule has 1 aromatic heterocycles. The summed E-state index contributed by atoms with van der Waals surface area (Å²) in [5.41, 5.74) is 1.83. The predicted octanol–water partition coefficient (Wildman–Crippen LogP) is 2.91. The number of ether oxygens (including phenoxy) is 1. The van der Waals surface area contributed by atoms with Crippen LogP contribution in [-0.4, -0.2) is 54.4 Å². The minimum absolute atomic E-state index is 0.0351. The minimum atomic E-state index is -0.148. The van der Waals surface area contributed by atoms with Gasteiger partial charge in [0.2, 0.25) is 0 Å². The van der Waals surface area contributed by atoms with Crippen LogP contribution in [0.2, 0.25) is 5.02 Å².